The van der Waals surface area contributed by atoms with Crippen molar-refractivity contribution < 1.29 is 14.3 Å². The van der Waals surface area contributed by atoms with Crippen LogP contribution in [0.2, 0.25) is 0 Å². The van der Waals surface area contributed by atoms with E-state index in [1.165, 1.54) is 13.3 Å². The summed E-state index contributed by atoms with van der Waals surface area (Å²) < 4.78 is 4.74. The molecule has 132 valence electrons. The van der Waals surface area contributed by atoms with E-state index in [1.807, 2.05) is 7.05 Å². The van der Waals surface area contributed by atoms with Crippen molar-refractivity contribution in [3.63, 3.8) is 0 Å². The molecule has 0 radical (unpaired) electrons. The third-order valence-corrected chi connectivity index (χ3v) is 3.85. The molecule has 0 spiro atoms. The van der Waals surface area contributed by atoms with E-state index in [0.717, 1.165) is 25.1 Å². The van der Waals surface area contributed by atoms with Crippen LogP contribution < -0.4 is 10.2 Å². The maximum absolute atomic E-state index is 12.5. The molecule has 1 heterocycles. The van der Waals surface area contributed by atoms with Crippen LogP contribution in [0, 0.1) is 0 Å². The Morgan fingerprint density at radius 2 is 2.00 bits per heavy atom. The van der Waals surface area contributed by atoms with E-state index in [4.69, 9.17) is 4.74 Å². The molecule has 0 aliphatic heterocycles. The zero-order valence-corrected chi connectivity index (χ0v) is 14.8. The highest BCUT2D eigenvalue weighted by Crippen LogP contribution is 2.19. The molecule has 6 nitrogen and oxygen atoms in total. The Morgan fingerprint density at radius 1 is 1.24 bits per heavy atom. The van der Waals surface area contributed by atoms with Gasteiger partial charge in [-0.3, -0.25) is 9.78 Å². The van der Waals surface area contributed by atoms with Crippen molar-refractivity contribution in [1.82, 2.24) is 4.98 Å². The molecule has 2 rings (SSSR count). The summed E-state index contributed by atoms with van der Waals surface area (Å²) in [6.45, 7) is 3.03. The summed E-state index contributed by atoms with van der Waals surface area (Å²) in [5, 5.41) is 2.75. The Balaban J connectivity index is 2.18. The average Bonchev–Trinajstić information content (AvgIpc) is 2.66. The number of benzene rings is 1. The average molecular weight is 341 g/mol. The van der Waals surface area contributed by atoms with Crippen molar-refractivity contribution in [1.29, 1.82) is 0 Å². The van der Waals surface area contributed by atoms with Gasteiger partial charge < -0.3 is 15.0 Å². The highest BCUT2D eigenvalue weighted by molar-refractivity contribution is 6.08. The van der Waals surface area contributed by atoms with Gasteiger partial charge in [0.15, 0.2) is 0 Å². The van der Waals surface area contributed by atoms with Gasteiger partial charge in [-0.1, -0.05) is 25.5 Å². The molecule has 1 aromatic heterocycles. The Labute approximate surface area is 147 Å². The molecular weight excluding hydrogens is 318 g/mol. The second-order valence-electron chi connectivity index (χ2n) is 5.70. The molecule has 6 heteroatoms. The number of amides is 1. The van der Waals surface area contributed by atoms with Gasteiger partial charge in [0, 0.05) is 19.8 Å². The molecule has 0 aliphatic rings. The number of unbranched alkanes of at least 4 members (excludes halogenated alkanes) is 1. The van der Waals surface area contributed by atoms with Crippen LogP contribution in [-0.4, -0.2) is 37.6 Å². The first-order valence-corrected chi connectivity index (χ1v) is 8.21. The lowest BCUT2D eigenvalue weighted by atomic mass is 10.1. The zero-order chi connectivity index (χ0) is 18.2. The van der Waals surface area contributed by atoms with Crippen LogP contribution in [-0.2, 0) is 4.74 Å². The normalized spacial score (nSPS) is 10.2. The molecule has 2 aromatic rings. The quantitative estimate of drug-likeness (QED) is 0.782. The van der Waals surface area contributed by atoms with Gasteiger partial charge in [-0.2, -0.15) is 0 Å². The fourth-order valence-corrected chi connectivity index (χ4v) is 2.36. The van der Waals surface area contributed by atoms with Crippen LogP contribution in [0.4, 0.5) is 11.4 Å². The lowest BCUT2D eigenvalue weighted by Crippen LogP contribution is -2.20. The van der Waals surface area contributed by atoms with Gasteiger partial charge in [-0.25, -0.2) is 4.79 Å². The summed E-state index contributed by atoms with van der Waals surface area (Å²) in [6.07, 6.45) is 5.41. The zero-order valence-electron chi connectivity index (χ0n) is 14.8. The number of para-hydroxylation sites is 1. The molecule has 0 fully saturated rings. The number of methoxy groups -OCH3 is 1. The third kappa shape index (κ3) is 4.79. The standard InChI is InChI=1S/C19H23N3O3/c1-4-5-10-22(2)15-11-14(12-20-13-15)18(23)21-17-9-7-6-8-16(17)19(24)25-3/h6-9,11-13H,4-5,10H2,1-3H3,(H,21,23). The van der Waals surface area contributed by atoms with E-state index in [2.05, 4.69) is 22.1 Å². The number of rotatable bonds is 7. The Bertz CT molecular complexity index is 746. The number of aromatic nitrogens is 1. The fourth-order valence-electron chi connectivity index (χ4n) is 2.36. The van der Waals surface area contributed by atoms with Crippen molar-refractivity contribution >= 4 is 23.3 Å². The van der Waals surface area contributed by atoms with Gasteiger partial charge in [0.2, 0.25) is 0 Å². The van der Waals surface area contributed by atoms with Crippen LogP contribution >= 0.6 is 0 Å². The van der Waals surface area contributed by atoms with E-state index >= 15 is 0 Å². The predicted octanol–water partition coefficient (Wildman–Crippen LogP) is 3.36. The molecule has 0 saturated heterocycles. The predicted molar refractivity (Wildman–Crippen MR) is 98.1 cm³/mol. The van der Waals surface area contributed by atoms with Gasteiger partial charge in [0.1, 0.15) is 0 Å². The Morgan fingerprint density at radius 3 is 2.72 bits per heavy atom. The van der Waals surface area contributed by atoms with Crippen LogP contribution in [0.15, 0.2) is 42.7 Å². The number of esters is 1. The van der Waals surface area contributed by atoms with Gasteiger partial charge in [0.05, 0.1) is 35.8 Å². The van der Waals surface area contributed by atoms with E-state index in [1.54, 1.807) is 36.5 Å². The van der Waals surface area contributed by atoms with E-state index in [-0.39, 0.29) is 5.91 Å². The maximum atomic E-state index is 12.5. The number of nitrogens with one attached hydrogen (secondary N) is 1. The SMILES string of the molecule is CCCCN(C)c1cncc(C(=O)Nc2ccccc2C(=O)OC)c1. The van der Waals surface area contributed by atoms with Crippen LogP contribution in [0.5, 0.6) is 0 Å². The van der Waals surface area contributed by atoms with Crippen LogP contribution in [0.1, 0.15) is 40.5 Å². The molecule has 0 atom stereocenters. The summed E-state index contributed by atoms with van der Waals surface area (Å²) in [4.78, 5) is 30.6. The summed E-state index contributed by atoms with van der Waals surface area (Å²) in [7, 11) is 3.28. The number of anilines is 2. The minimum atomic E-state index is -0.498. The minimum Gasteiger partial charge on any atom is -0.465 e. The minimum absolute atomic E-state index is 0.308. The van der Waals surface area contributed by atoms with Gasteiger partial charge in [0.25, 0.3) is 5.91 Å². The lowest BCUT2D eigenvalue weighted by Gasteiger charge is -2.19. The van der Waals surface area contributed by atoms with Gasteiger partial charge >= 0.3 is 5.97 Å². The smallest absolute Gasteiger partial charge is 0.339 e. The molecule has 1 amide bonds. The first-order valence-electron chi connectivity index (χ1n) is 8.21. The number of pyridine rings is 1. The van der Waals surface area contributed by atoms with E-state index in [9.17, 15) is 9.59 Å². The molecule has 0 saturated carbocycles. The van der Waals surface area contributed by atoms with Gasteiger partial charge in [-0.05, 0) is 24.6 Å². The highest BCUT2D eigenvalue weighted by Gasteiger charge is 2.15. The van der Waals surface area contributed by atoms with Crippen molar-refractivity contribution in [2.45, 2.75) is 19.8 Å². The Hall–Kier alpha value is -2.89. The van der Waals surface area contributed by atoms with E-state index < -0.39 is 5.97 Å². The van der Waals surface area contributed by atoms with Crippen molar-refractivity contribution in [2.75, 3.05) is 30.9 Å². The number of nitrogens with zero attached hydrogens (tertiary/aromatic N) is 2. The third-order valence-electron chi connectivity index (χ3n) is 3.85. The van der Waals surface area contributed by atoms with Gasteiger partial charge in [-0.15, -0.1) is 0 Å². The number of carbonyl (C=O) groups excluding carboxylic acids is 2. The number of ether oxygens (including phenoxy) is 1. The second kappa shape index (κ2) is 8.82. The van der Waals surface area contributed by atoms with Crippen LogP contribution in [0.25, 0.3) is 0 Å². The summed E-state index contributed by atoms with van der Waals surface area (Å²) in [6, 6.07) is 8.52. The molecule has 1 N–H and O–H groups in total. The second-order valence-corrected chi connectivity index (χ2v) is 5.70. The molecule has 0 bridgehead atoms. The molecular formula is C19H23N3O3. The first kappa shape index (κ1) is 18.4. The highest BCUT2D eigenvalue weighted by atomic mass is 16.5. The lowest BCUT2D eigenvalue weighted by molar-refractivity contribution is 0.0602. The fraction of sp³-hybridized carbons (Fsp3) is 0.316. The number of hydrogen-bond donors (Lipinski definition) is 1. The summed E-state index contributed by atoms with van der Waals surface area (Å²) in [5.41, 5.74) is 2.02. The molecule has 0 unspecified atom stereocenters. The largest absolute Gasteiger partial charge is 0.465 e. The first-order chi connectivity index (χ1) is 12.1. The molecule has 0 aliphatic carbocycles. The maximum Gasteiger partial charge on any atom is 0.339 e. The van der Waals surface area contributed by atoms with Crippen LogP contribution in [0.3, 0.4) is 0 Å². The van der Waals surface area contributed by atoms with Crippen molar-refractivity contribution in [2.24, 2.45) is 0 Å². The number of carbonyl (C=O) groups is 2. The monoisotopic (exact) mass is 341 g/mol. The summed E-state index contributed by atoms with van der Waals surface area (Å²) in [5.74, 6) is -0.823. The molecule has 1 aromatic carbocycles. The number of hydrogen-bond acceptors (Lipinski definition) is 5. The topological polar surface area (TPSA) is 71.5 Å². The summed E-state index contributed by atoms with van der Waals surface area (Å²) >= 11 is 0. The van der Waals surface area contributed by atoms with Crippen molar-refractivity contribution in [3.8, 4) is 0 Å². The van der Waals surface area contributed by atoms with Crippen molar-refractivity contribution in [3.05, 3.63) is 53.9 Å². The van der Waals surface area contributed by atoms with E-state index in [0.29, 0.717) is 16.8 Å². The molecule has 25 heavy (non-hydrogen) atoms. The Kier molecular flexibility index (Phi) is 6.51.